The van der Waals surface area contributed by atoms with Crippen molar-refractivity contribution in [2.45, 2.75) is 72.4 Å². The summed E-state index contributed by atoms with van der Waals surface area (Å²) in [5.74, 6) is 0.795. The van der Waals surface area contributed by atoms with Crippen LogP contribution in [-0.4, -0.2) is 12.1 Å². The minimum Gasteiger partial charge on any atom is -0.327 e. The summed E-state index contributed by atoms with van der Waals surface area (Å²) in [4.78, 5) is 0. The fraction of sp³-hybridized carbons (Fsp3) is 0.538. The van der Waals surface area contributed by atoms with E-state index in [1.807, 2.05) is 6.92 Å². The van der Waals surface area contributed by atoms with Gasteiger partial charge in [0.05, 0.1) is 0 Å². The third-order valence-corrected chi connectivity index (χ3v) is 6.00. The second-order valence-electron chi connectivity index (χ2n) is 10.5. The van der Waals surface area contributed by atoms with E-state index in [9.17, 15) is 0 Å². The van der Waals surface area contributed by atoms with Crippen molar-refractivity contribution in [3.8, 4) is 0 Å². The first-order chi connectivity index (χ1) is 12.9. The van der Waals surface area contributed by atoms with Gasteiger partial charge in [-0.15, -0.1) is 0 Å². The fourth-order valence-corrected chi connectivity index (χ4v) is 4.91. The average molecular weight is 381 g/mol. The average Bonchev–Trinajstić information content (AvgIpc) is 2.60. The number of benzene rings is 2. The Balaban J connectivity index is 2.74. The second-order valence-corrected chi connectivity index (χ2v) is 10.5. The van der Waals surface area contributed by atoms with Gasteiger partial charge in [0.2, 0.25) is 0 Å². The lowest BCUT2D eigenvalue weighted by molar-refractivity contribution is 0.116. The molecule has 2 aromatic rings. The molecule has 0 heterocycles. The van der Waals surface area contributed by atoms with E-state index in [1.54, 1.807) is 0 Å². The van der Waals surface area contributed by atoms with Crippen molar-refractivity contribution in [1.29, 1.82) is 0 Å². The summed E-state index contributed by atoms with van der Waals surface area (Å²) in [7, 11) is 0. The molecule has 2 nitrogen and oxygen atoms in total. The van der Waals surface area contributed by atoms with Crippen LogP contribution < -0.4 is 11.5 Å². The van der Waals surface area contributed by atoms with E-state index >= 15 is 0 Å². The third-order valence-electron chi connectivity index (χ3n) is 6.00. The van der Waals surface area contributed by atoms with E-state index in [4.69, 9.17) is 11.5 Å². The van der Waals surface area contributed by atoms with Gasteiger partial charge in [0.1, 0.15) is 0 Å². The van der Waals surface area contributed by atoms with E-state index in [2.05, 4.69) is 102 Å². The summed E-state index contributed by atoms with van der Waals surface area (Å²) in [6.07, 6.45) is 0. The lowest BCUT2D eigenvalue weighted by Crippen LogP contribution is -2.52. The van der Waals surface area contributed by atoms with Crippen molar-refractivity contribution >= 4 is 0 Å². The van der Waals surface area contributed by atoms with Gasteiger partial charge in [-0.2, -0.15) is 0 Å². The summed E-state index contributed by atoms with van der Waals surface area (Å²) in [5, 5.41) is 0. The summed E-state index contributed by atoms with van der Waals surface area (Å²) < 4.78 is 0. The Hall–Kier alpha value is -1.64. The molecule has 2 aromatic carbocycles. The summed E-state index contributed by atoms with van der Waals surface area (Å²) in [6.45, 7) is 16.0. The highest BCUT2D eigenvalue weighted by atomic mass is 14.8. The van der Waals surface area contributed by atoms with Crippen LogP contribution in [0.15, 0.2) is 60.7 Å². The molecule has 4 atom stereocenters. The Labute approximate surface area is 172 Å². The predicted molar refractivity (Wildman–Crippen MR) is 122 cm³/mol. The van der Waals surface area contributed by atoms with E-state index in [-0.39, 0.29) is 28.8 Å². The van der Waals surface area contributed by atoms with Crippen LogP contribution >= 0.6 is 0 Å². The summed E-state index contributed by atoms with van der Waals surface area (Å²) >= 11 is 0. The first-order valence-electron chi connectivity index (χ1n) is 10.6. The molecule has 0 aliphatic carbocycles. The molecule has 0 saturated carbocycles. The monoisotopic (exact) mass is 380 g/mol. The Bertz CT molecular complexity index is 650. The first-order valence-corrected chi connectivity index (χ1v) is 10.6. The molecule has 2 heteroatoms. The molecule has 0 bridgehead atoms. The molecule has 0 radical (unpaired) electrons. The molecule has 0 fully saturated rings. The van der Waals surface area contributed by atoms with Gasteiger partial charge in [-0.25, -0.2) is 0 Å². The Kier molecular flexibility index (Phi) is 7.12. The van der Waals surface area contributed by atoms with Gasteiger partial charge in [0.15, 0.2) is 0 Å². The zero-order valence-corrected chi connectivity index (χ0v) is 18.8. The molecule has 0 aliphatic heterocycles. The largest absolute Gasteiger partial charge is 0.327 e. The molecule has 154 valence electrons. The fourth-order valence-electron chi connectivity index (χ4n) is 4.91. The molecule has 2 rings (SSSR count). The summed E-state index contributed by atoms with van der Waals surface area (Å²) in [5.41, 5.74) is 16.1. The van der Waals surface area contributed by atoms with Crippen LogP contribution in [0.1, 0.15) is 71.4 Å². The molecule has 4 N–H and O–H groups in total. The topological polar surface area (TPSA) is 52.0 Å². The number of rotatable bonds is 6. The highest BCUT2D eigenvalue weighted by Crippen LogP contribution is 2.53. The van der Waals surface area contributed by atoms with E-state index < -0.39 is 0 Å². The first kappa shape index (κ1) is 22.6. The number of hydrogen-bond donors (Lipinski definition) is 2. The van der Waals surface area contributed by atoms with Crippen LogP contribution in [0.25, 0.3) is 0 Å². The normalized spacial score (nSPS) is 18.2. The Morgan fingerprint density at radius 2 is 0.929 bits per heavy atom. The van der Waals surface area contributed by atoms with Crippen LogP contribution in [0, 0.1) is 16.7 Å². The molecule has 4 unspecified atom stereocenters. The molecule has 28 heavy (non-hydrogen) atoms. The van der Waals surface area contributed by atoms with Crippen molar-refractivity contribution in [3.63, 3.8) is 0 Å². The minimum atomic E-state index is -0.103. The zero-order valence-electron chi connectivity index (χ0n) is 18.8. The molecule has 0 aliphatic rings. The van der Waals surface area contributed by atoms with Crippen LogP contribution in [0.2, 0.25) is 0 Å². The van der Waals surface area contributed by atoms with Crippen LogP contribution in [0.4, 0.5) is 0 Å². The molecule has 0 saturated heterocycles. The third kappa shape index (κ3) is 5.24. The smallest absolute Gasteiger partial charge is 0.0230 e. The standard InChI is InChI=1S/C26H40N2/c1-18(27)24(28)21(22(25(2,3)4)19-14-10-8-11-15-19)23(26(5,6)7)20-16-12-9-13-17-20/h8-18,21-24H,27-28H2,1-7H3. The van der Waals surface area contributed by atoms with E-state index in [1.165, 1.54) is 11.1 Å². The predicted octanol–water partition coefficient (Wildman–Crippen LogP) is 5.94. The molecule has 0 spiro atoms. The van der Waals surface area contributed by atoms with Crippen molar-refractivity contribution in [2.24, 2.45) is 28.2 Å². The van der Waals surface area contributed by atoms with Gasteiger partial charge in [0, 0.05) is 12.1 Å². The van der Waals surface area contributed by atoms with Crippen molar-refractivity contribution in [3.05, 3.63) is 71.8 Å². The van der Waals surface area contributed by atoms with E-state index in [0.717, 1.165) is 0 Å². The van der Waals surface area contributed by atoms with Crippen LogP contribution in [0.3, 0.4) is 0 Å². The van der Waals surface area contributed by atoms with Gasteiger partial charge >= 0.3 is 0 Å². The van der Waals surface area contributed by atoms with Gasteiger partial charge in [-0.1, -0.05) is 102 Å². The zero-order chi connectivity index (χ0) is 21.1. The van der Waals surface area contributed by atoms with Gasteiger partial charge in [-0.3, -0.25) is 0 Å². The molecular formula is C26H40N2. The highest BCUT2D eigenvalue weighted by Gasteiger charge is 2.46. The number of hydrogen-bond acceptors (Lipinski definition) is 2. The highest BCUT2D eigenvalue weighted by molar-refractivity contribution is 5.29. The SMILES string of the molecule is CC(N)C(N)C(C(c1ccccc1)C(C)(C)C)C(c1ccccc1)C(C)(C)C. The maximum absolute atomic E-state index is 6.91. The molecular weight excluding hydrogens is 340 g/mol. The quantitative estimate of drug-likeness (QED) is 0.652. The molecule has 0 amide bonds. The Morgan fingerprint density at radius 3 is 1.18 bits per heavy atom. The number of nitrogens with two attached hydrogens (primary N) is 2. The Morgan fingerprint density at radius 1 is 0.607 bits per heavy atom. The van der Waals surface area contributed by atoms with Crippen molar-refractivity contribution in [1.82, 2.24) is 0 Å². The van der Waals surface area contributed by atoms with Crippen molar-refractivity contribution in [2.75, 3.05) is 0 Å². The maximum Gasteiger partial charge on any atom is 0.0230 e. The lowest BCUT2D eigenvalue weighted by atomic mass is 9.56. The van der Waals surface area contributed by atoms with Crippen LogP contribution in [-0.2, 0) is 0 Å². The van der Waals surface area contributed by atoms with Crippen molar-refractivity contribution < 1.29 is 0 Å². The minimum absolute atomic E-state index is 0.0524. The second kappa shape index (κ2) is 8.80. The molecule has 0 aromatic heterocycles. The van der Waals surface area contributed by atoms with Gasteiger partial charge in [0.25, 0.3) is 0 Å². The maximum atomic E-state index is 6.91. The van der Waals surface area contributed by atoms with E-state index in [0.29, 0.717) is 11.8 Å². The van der Waals surface area contributed by atoms with Gasteiger partial charge in [-0.05, 0) is 46.6 Å². The van der Waals surface area contributed by atoms with Crippen LogP contribution in [0.5, 0.6) is 0 Å². The lowest BCUT2D eigenvalue weighted by Gasteiger charge is -2.49. The summed E-state index contributed by atoms with van der Waals surface area (Å²) in [6, 6.07) is 21.5. The van der Waals surface area contributed by atoms with Gasteiger partial charge < -0.3 is 11.5 Å².